The maximum Gasteiger partial charge on any atom is 0.320 e. The van der Waals surface area contributed by atoms with Crippen LogP contribution in [0.15, 0.2) is 24.3 Å². The topological polar surface area (TPSA) is 101 Å². The fourth-order valence-corrected chi connectivity index (χ4v) is 1.08. The number of carbonyl (C=O) groups is 1. The SMILES string of the molecule is NNc1ccc(C[C@H](N)C(=O)O)cc1. The third-order valence-electron chi connectivity index (χ3n) is 1.89. The summed E-state index contributed by atoms with van der Waals surface area (Å²) < 4.78 is 0. The molecule has 0 fully saturated rings. The van der Waals surface area contributed by atoms with Crippen molar-refractivity contribution in [2.45, 2.75) is 12.5 Å². The summed E-state index contributed by atoms with van der Waals surface area (Å²) >= 11 is 0. The summed E-state index contributed by atoms with van der Waals surface area (Å²) in [6, 6.07) is 6.26. The van der Waals surface area contributed by atoms with Crippen LogP contribution >= 0.6 is 0 Å². The van der Waals surface area contributed by atoms with Crippen molar-refractivity contribution in [3.63, 3.8) is 0 Å². The Morgan fingerprint density at radius 1 is 1.43 bits per heavy atom. The molecule has 0 aliphatic rings. The van der Waals surface area contributed by atoms with Gasteiger partial charge in [0.2, 0.25) is 0 Å². The zero-order chi connectivity index (χ0) is 10.6. The molecule has 0 saturated heterocycles. The number of carboxylic acid groups (broad SMARTS) is 1. The molecule has 0 aromatic heterocycles. The first-order chi connectivity index (χ1) is 6.63. The van der Waals surface area contributed by atoms with E-state index in [1.54, 1.807) is 24.3 Å². The molecule has 0 radical (unpaired) electrons. The fourth-order valence-electron chi connectivity index (χ4n) is 1.08. The van der Waals surface area contributed by atoms with Crippen LogP contribution in [0.4, 0.5) is 5.69 Å². The van der Waals surface area contributed by atoms with Crippen molar-refractivity contribution in [3.05, 3.63) is 29.8 Å². The van der Waals surface area contributed by atoms with E-state index in [0.29, 0.717) is 6.42 Å². The highest BCUT2D eigenvalue weighted by atomic mass is 16.4. The van der Waals surface area contributed by atoms with E-state index in [1.165, 1.54) is 0 Å². The molecule has 1 rings (SSSR count). The number of anilines is 1. The zero-order valence-electron chi connectivity index (χ0n) is 7.60. The minimum Gasteiger partial charge on any atom is -0.480 e. The highest BCUT2D eigenvalue weighted by molar-refractivity contribution is 5.73. The number of benzene rings is 1. The van der Waals surface area contributed by atoms with Crippen LogP contribution in [-0.4, -0.2) is 17.1 Å². The average Bonchev–Trinajstić information content (AvgIpc) is 2.19. The number of nitrogen functional groups attached to an aromatic ring is 1. The van der Waals surface area contributed by atoms with Gasteiger partial charge in [-0.15, -0.1) is 0 Å². The molecule has 14 heavy (non-hydrogen) atoms. The molecule has 5 nitrogen and oxygen atoms in total. The average molecular weight is 195 g/mol. The van der Waals surface area contributed by atoms with Gasteiger partial charge in [-0.05, 0) is 24.1 Å². The zero-order valence-corrected chi connectivity index (χ0v) is 7.60. The van der Waals surface area contributed by atoms with Crippen molar-refractivity contribution in [2.75, 3.05) is 5.43 Å². The summed E-state index contributed by atoms with van der Waals surface area (Å²) in [7, 11) is 0. The van der Waals surface area contributed by atoms with E-state index in [4.69, 9.17) is 16.7 Å². The van der Waals surface area contributed by atoms with Gasteiger partial charge in [0.05, 0.1) is 0 Å². The maximum absolute atomic E-state index is 10.5. The van der Waals surface area contributed by atoms with Crippen molar-refractivity contribution < 1.29 is 9.90 Å². The van der Waals surface area contributed by atoms with Crippen molar-refractivity contribution >= 4 is 11.7 Å². The molecule has 0 amide bonds. The summed E-state index contributed by atoms with van der Waals surface area (Å²) in [6.07, 6.45) is 0.320. The predicted molar refractivity (Wildman–Crippen MR) is 53.6 cm³/mol. The van der Waals surface area contributed by atoms with E-state index in [-0.39, 0.29) is 0 Å². The maximum atomic E-state index is 10.5. The standard InChI is InChI=1S/C9H13N3O2/c10-8(9(13)14)5-6-1-3-7(12-11)4-2-6/h1-4,8,12H,5,10-11H2,(H,13,14)/t8-/m0/s1. The van der Waals surface area contributed by atoms with E-state index in [2.05, 4.69) is 5.43 Å². The van der Waals surface area contributed by atoms with Crippen LogP contribution in [0.3, 0.4) is 0 Å². The number of rotatable bonds is 4. The van der Waals surface area contributed by atoms with Crippen LogP contribution < -0.4 is 17.0 Å². The second-order valence-electron chi connectivity index (χ2n) is 2.99. The van der Waals surface area contributed by atoms with Crippen LogP contribution in [0.2, 0.25) is 0 Å². The van der Waals surface area contributed by atoms with E-state index < -0.39 is 12.0 Å². The van der Waals surface area contributed by atoms with E-state index in [0.717, 1.165) is 11.3 Å². The highest BCUT2D eigenvalue weighted by Gasteiger charge is 2.11. The lowest BCUT2D eigenvalue weighted by molar-refractivity contribution is -0.138. The number of hydrogen-bond acceptors (Lipinski definition) is 4. The quantitative estimate of drug-likeness (QED) is 0.398. The van der Waals surface area contributed by atoms with Gasteiger partial charge >= 0.3 is 5.97 Å². The molecule has 5 heteroatoms. The molecular formula is C9H13N3O2. The van der Waals surface area contributed by atoms with E-state index in [1.807, 2.05) is 0 Å². The molecular weight excluding hydrogens is 182 g/mol. The number of aliphatic carboxylic acids is 1. The minimum absolute atomic E-state index is 0.320. The van der Waals surface area contributed by atoms with Crippen LogP contribution in [-0.2, 0) is 11.2 Å². The molecule has 0 saturated carbocycles. The number of hydrazine groups is 1. The van der Waals surface area contributed by atoms with Crippen LogP contribution in [0, 0.1) is 0 Å². The Labute approximate surface area is 81.7 Å². The van der Waals surface area contributed by atoms with Gasteiger partial charge in [-0.2, -0.15) is 0 Å². The van der Waals surface area contributed by atoms with Crippen LogP contribution in [0.5, 0.6) is 0 Å². The van der Waals surface area contributed by atoms with Crippen molar-refractivity contribution in [1.82, 2.24) is 0 Å². The van der Waals surface area contributed by atoms with Gasteiger partial charge in [0.25, 0.3) is 0 Å². The van der Waals surface area contributed by atoms with Gasteiger partial charge < -0.3 is 16.3 Å². The predicted octanol–water partition coefficient (Wildman–Crippen LogP) is -0.0734. The molecule has 1 aromatic rings. The third kappa shape index (κ3) is 2.72. The smallest absolute Gasteiger partial charge is 0.320 e. The van der Waals surface area contributed by atoms with Gasteiger partial charge in [-0.1, -0.05) is 12.1 Å². The van der Waals surface area contributed by atoms with Gasteiger partial charge in [0.15, 0.2) is 0 Å². The van der Waals surface area contributed by atoms with Gasteiger partial charge in [0.1, 0.15) is 6.04 Å². The fraction of sp³-hybridized carbons (Fsp3) is 0.222. The summed E-state index contributed by atoms with van der Waals surface area (Å²) in [5.41, 5.74) is 9.51. The van der Waals surface area contributed by atoms with E-state index in [9.17, 15) is 4.79 Å². The van der Waals surface area contributed by atoms with Gasteiger partial charge in [0, 0.05) is 5.69 Å². The normalized spacial score (nSPS) is 12.1. The first-order valence-corrected chi connectivity index (χ1v) is 4.17. The Kier molecular flexibility index (Phi) is 3.44. The molecule has 1 atom stereocenters. The Morgan fingerprint density at radius 2 is 2.00 bits per heavy atom. The molecule has 0 aliphatic heterocycles. The van der Waals surface area contributed by atoms with Crippen LogP contribution in [0.1, 0.15) is 5.56 Å². The lowest BCUT2D eigenvalue weighted by Crippen LogP contribution is -2.32. The molecule has 0 heterocycles. The second kappa shape index (κ2) is 4.59. The molecule has 0 aliphatic carbocycles. The highest BCUT2D eigenvalue weighted by Crippen LogP contribution is 2.09. The molecule has 0 spiro atoms. The molecule has 76 valence electrons. The van der Waals surface area contributed by atoms with Crippen molar-refractivity contribution in [2.24, 2.45) is 11.6 Å². The lowest BCUT2D eigenvalue weighted by Gasteiger charge is -2.06. The minimum atomic E-state index is -0.994. The summed E-state index contributed by atoms with van der Waals surface area (Å²) in [5.74, 6) is 4.19. The Bertz CT molecular complexity index is 310. The Hall–Kier alpha value is -1.59. The Morgan fingerprint density at radius 3 is 2.43 bits per heavy atom. The lowest BCUT2D eigenvalue weighted by atomic mass is 10.1. The number of nitrogens with one attached hydrogen (secondary N) is 1. The molecule has 0 unspecified atom stereocenters. The first-order valence-electron chi connectivity index (χ1n) is 4.17. The monoisotopic (exact) mass is 195 g/mol. The van der Waals surface area contributed by atoms with Crippen LogP contribution in [0.25, 0.3) is 0 Å². The van der Waals surface area contributed by atoms with Gasteiger partial charge in [-0.3, -0.25) is 10.6 Å². The first kappa shape index (κ1) is 10.5. The third-order valence-corrected chi connectivity index (χ3v) is 1.89. The number of carboxylic acids is 1. The van der Waals surface area contributed by atoms with E-state index >= 15 is 0 Å². The number of nitrogens with two attached hydrogens (primary N) is 2. The van der Waals surface area contributed by atoms with Crippen molar-refractivity contribution in [1.29, 1.82) is 0 Å². The molecule has 6 N–H and O–H groups in total. The largest absolute Gasteiger partial charge is 0.480 e. The number of hydrogen-bond donors (Lipinski definition) is 4. The summed E-state index contributed by atoms with van der Waals surface area (Å²) in [4.78, 5) is 10.5. The molecule has 1 aromatic carbocycles. The summed E-state index contributed by atoms with van der Waals surface area (Å²) in [5, 5.41) is 8.59. The second-order valence-corrected chi connectivity index (χ2v) is 2.99. The van der Waals surface area contributed by atoms with Gasteiger partial charge in [-0.25, -0.2) is 0 Å². The summed E-state index contributed by atoms with van der Waals surface area (Å²) in [6.45, 7) is 0. The Balaban J connectivity index is 2.64. The molecule has 0 bridgehead atoms. The van der Waals surface area contributed by atoms with Crippen molar-refractivity contribution in [3.8, 4) is 0 Å².